The third kappa shape index (κ3) is 4.58. The summed E-state index contributed by atoms with van der Waals surface area (Å²) in [6.07, 6.45) is 0.367. The second-order valence-corrected chi connectivity index (χ2v) is 12.5. The van der Waals surface area contributed by atoms with Crippen molar-refractivity contribution in [3.8, 4) is 0 Å². The smallest absolute Gasteiger partial charge is 0.243 e. The van der Waals surface area contributed by atoms with Gasteiger partial charge in [-0.2, -0.15) is 4.31 Å². The largest absolute Gasteiger partial charge is 0.468 e. The molecule has 2 heterocycles. The van der Waals surface area contributed by atoms with Crippen LogP contribution in [0, 0.1) is 0 Å². The van der Waals surface area contributed by atoms with Gasteiger partial charge in [0.1, 0.15) is 5.76 Å². The molecule has 1 aliphatic rings. The summed E-state index contributed by atoms with van der Waals surface area (Å²) in [5.74, 6) is -0.347. The number of sulfonamides is 1. The van der Waals surface area contributed by atoms with E-state index in [0.717, 1.165) is 26.1 Å². The summed E-state index contributed by atoms with van der Waals surface area (Å²) in [5, 5.41) is 13.5. The lowest BCUT2D eigenvalue weighted by Crippen LogP contribution is -2.38. The number of aliphatic hydroxyl groups is 1. The number of fused-ring (bicyclic) bond motifs is 5. The molecule has 1 N–H and O–H groups in total. The van der Waals surface area contributed by atoms with Crippen LogP contribution in [0.2, 0.25) is 0 Å². The fraction of sp³-hybridized carbons (Fsp3) is 0.118. The van der Waals surface area contributed by atoms with Gasteiger partial charge in [0, 0.05) is 50.6 Å². The molecule has 0 bridgehead atoms. The van der Waals surface area contributed by atoms with E-state index < -0.39 is 21.9 Å². The highest BCUT2D eigenvalue weighted by Gasteiger charge is 2.33. The zero-order valence-electron chi connectivity index (χ0n) is 22.9. The Morgan fingerprint density at radius 2 is 1.30 bits per heavy atom. The van der Waals surface area contributed by atoms with Crippen LogP contribution in [0.15, 0.2) is 119 Å². The van der Waals surface area contributed by atoms with Crippen LogP contribution in [-0.2, 0) is 23.1 Å². The second-order valence-electron chi connectivity index (χ2n) is 10.6. The predicted octanol–water partition coefficient (Wildman–Crippen LogP) is 5.41. The van der Waals surface area contributed by atoms with E-state index in [0.29, 0.717) is 11.3 Å². The van der Waals surface area contributed by atoms with Crippen LogP contribution in [0.1, 0.15) is 37.6 Å². The minimum absolute atomic E-state index is 0.0357. The molecule has 0 spiro atoms. The Bertz CT molecular complexity index is 2090. The lowest BCUT2D eigenvalue weighted by molar-refractivity contribution is 0.0979. The Hall–Kier alpha value is -4.83. The zero-order chi connectivity index (χ0) is 29.7. The van der Waals surface area contributed by atoms with Crippen molar-refractivity contribution in [3.63, 3.8) is 0 Å². The number of hydrogen-bond donors (Lipinski definition) is 1. The molecule has 0 saturated carbocycles. The minimum Gasteiger partial charge on any atom is -0.468 e. The van der Waals surface area contributed by atoms with Gasteiger partial charge in [0.15, 0.2) is 11.6 Å². The quantitative estimate of drug-likeness (QED) is 0.253. The topological polar surface area (TPSA) is 110 Å². The van der Waals surface area contributed by atoms with Gasteiger partial charge in [0.2, 0.25) is 10.0 Å². The molecule has 0 fully saturated rings. The zero-order valence-corrected chi connectivity index (χ0v) is 23.7. The van der Waals surface area contributed by atoms with Crippen molar-refractivity contribution in [2.24, 2.45) is 0 Å². The third-order valence-electron chi connectivity index (χ3n) is 7.93. The van der Waals surface area contributed by atoms with Gasteiger partial charge in [0.05, 0.1) is 30.4 Å². The Balaban J connectivity index is 1.24. The van der Waals surface area contributed by atoms with Crippen LogP contribution in [0.5, 0.6) is 0 Å². The van der Waals surface area contributed by atoms with Gasteiger partial charge in [-0.1, -0.05) is 60.7 Å². The third-order valence-corrected chi connectivity index (χ3v) is 9.74. The molecule has 8 nitrogen and oxygen atoms in total. The Labute approximate surface area is 247 Å². The molecule has 214 valence electrons. The van der Waals surface area contributed by atoms with Gasteiger partial charge >= 0.3 is 0 Å². The molecule has 6 aromatic rings. The van der Waals surface area contributed by atoms with Crippen LogP contribution in [0.4, 0.5) is 0 Å². The first-order chi connectivity index (χ1) is 20.8. The van der Waals surface area contributed by atoms with Crippen molar-refractivity contribution < 1.29 is 27.5 Å². The van der Waals surface area contributed by atoms with Crippen molar-refractivity contribution in [1.82, 2.24) is 8.87 Å². The van der Waals surface area contributed by atoms with Crippen LogP contribution < -0.4 is 0 Å². The van der Waals surface area contributed by atoms with Gasteiger partial charge in [0.25, 0.3) is 0 Å². The standard InChI is InChI=1S/C34H26N2O6S/c37-22(20-36-31-13-5-3-9-25(31)26-10-4-6-14-32(26)36)19-35(21-23-8-7-17-42-23)43(40,41)24-15-16-29-30(18-24)34(39)28-12-2-1-11-27(28)33(29)38/h1-18,22,37H,19-21H2. The van der Waals surface area contributed by atoms with E-state index >= 15 is 0 Å². The molecule has 0 saturated heterocycles. The molecule has 0 radical (unpaired) electrons. The molecule has 9 heteroatoms. The molecule has 4 aromatic carbocycles. The Kier molecular flexibility index (Phi) is 6.58. The van der Waals surface area contributed by atoms with E-state index in [1.807, 2.05) is 53.1 Å². The molecule has 1 atom stereocenters. The van der Waals surface area contributed by atoms with E-state index in [2.05, 4.69) is 0 Å². The number of ketones is 2. The molecule has 43 heavy (non-hydrogen) atoms. The Morgan fingerprint density at radius 1 is 0.721 bits per heavy atom. The highest BCUT2D eigenvalue weighted by atomic mass is 32.2. The second kappa shape index (κ2) is 10.5. The SMILES string of the molecule is O=C1c2ccccc2C(=O)c2cc(S(=O)(=O)N(Cc3ccco3)CC(O)Cn3c4ccccc4c4ccccc43)ccc21. The number of carbonyl (C=O) groups is 2. The molecule has 2 aromatic heterocycles. The minimum atomic E-state index is -4.25. The molecule has 1 aliphatic carbocycles. The number of benzene rings is 4. The van der Waals surface area contributed by atoms with Crippen molar-refractivity contribution in [2.75, 3.05) is 6.54 Å². The van der Waals surface area contributed by atoms with E-state index in [-0.39, 0.29) is 47.0 Å². The van der Waals surface area contributed by atoms with Crippen LogP contribution in [0.3, 0.4) is 0 Å². The lowest BCUT2D eigenvalue weighted by atomic mass is 9.84. The van der Waals surface area contributed by atoms with E-state index in [1.165, 1.54) is 24.5 Å². The fourth-order valence-corrected chi connectivity index (χ4v) is 7.39. The molecular weight excluding hydrogens is 564 g/mol. The number of nitrogens with zero attached hydrogens (tertiary/aromatic N) is 2. The summed E-state index contributed by atoms with van der Waals surface area (Å²) in [6.45, 7) is -0.227. The molecular formula is C34H26N2O6S. The summed E-state index contributed by atoms with van der Waals surface area (Å²) >= 11 is 0. The fourth-order valence-electron chi connectivity index (χ4n) is 5.92. The number of rotatable bonds is 8. The first-order valence-corrected chi connectivity index (χ1v) is 15.3. The summed E-state index contributed by atoms with van der Waals surface area (Å²) in [4.78, 5) is 26.2. The van der Waals surface area contributed by atoms with Crippen molar-refractivity contribution in [3.05, 3.63) is 137 Å². The van der Waals surface area contributed by atoms with Gasteiger partial charge in [-0.05, 0) is 42.5 Å². The lowest BCUT2D eigenvalue weighted by Gasteiger charge is -2.25. The van der Waals surface area contributed by atoms with E-state index in [1.54, 1.807) is 36.4 Å². The van der Waals surface area contributed by atoms with Crippen molar-refractivity contribution in [1.29, 1.82) is 0 Å². The summed E-state index contributed by atoms with van der Waals surface area (Å²) in [5.41, 5.74) is 2.59. The number of para-hydroxylation sites is 2. The first-order valence-electron chi connectivity index (χ1n) is 13.8. The maximum absolute atomic E-state index is 14.1. The molecule has 0 aliphatic heterocycles. The first kappa shape index (κ1) is 27.0. The number of hydrogen-bond acceptors (Lipinski definition) is 6. The van der Waals surface area contributed by atoms with Gasteiger partial charge in [-0.3, -0.25) is 9.59 Å². The summed E-state index contributed by atoms with van der Waals surface area (Å²) in [6, 6.07) is 29.6. The molecule has 0 amide bonds. The normalized spacial score (nSPS) is 13.9. The summed E-state index contributed by atoms with van der Waals surface area (Å²) in [7, 11) is -4.25. The van der Waals surface area contributed by atoms with E-state index in [4.69, 9.17) is 4.42 Å². The predicted molar refractivity (Wildman–Crippen MR) is 162 cm³/mol. The maximum atomic E-state index is 14.1. The van der Waals surface area contributed by atoms with Crippen LogP contribution in [0.25, 0.3) is 21.8 Å². The highest BCUT2D eigenvalue weighted by molar-refractivity contribution is 7.89. The average molecular weight is 591 g/mol. The van der Waals surface area contributed by atoms with Crippen molar-refractivity contribution in [2.45, 2.75) is 24.1 Å². The number of furan rings is 1. The summed E-state index contributed by atoms with van der Waals surface area (Å²) < 4.78 is 36.8. The molecule has 7 rings (SSSR count). The van der Waals surface area contributed by atoms with Gasteiger partial charge in [-0.25, -0.2) is 8.42 Å². The monoisotopic (exact) mass is 590 g/mol. The van der Waals surface area contributed by atoms with Gasteiger partial charge < -0.3 is 14.1 Å². The van der Waals surface area contributed by atoms with Crippen LogP contribution >= 0.6 is 0 Å². The number of aliphatic hydroxyl groups excluding tert-OH is 1. The maximum Gasteiger partial charge on any atom is 0.243 e. The number of carbonyl (C=O) groups excluding carboxylic acids is 2. The van der Waals surface area contributed by atoms with Crippen molar-refractivity contribution >= 4 is 43.4 Å². The van der Waals surface area contributed by atoms with Crippen LogP contribution in [-0.4, -0.2) is 46.6 Å². The average Bonchev–Trinajstić information content (AvgIpc) is 3.66. The molecule has 1 unspecified atom stereocenters. The number of aromatic nitrogens is 1. The highest BCUT2D eigenvalue weighted by Crippen LogP contribution is 2.32. The van der Waals surface area contributed by atoms with E-state index in [9.17, 15) is 23.1 Å². The van der Waals surface area contributed by atoms with Gasteiger partial charge in [-0.15, -0.1) is 0 Å². The Morgan fingerprint density at radius 3 is 1.93 bits per heavy atom.